The molecule has 0 bridgehead atoms. The van der Waals surface area contributed by atoms with Crippen molar-refractivity contribution < 1.29 is 8.78 Å². The van der Waals surface area contributed by atoms with E-state index in [-0.39, 0.29) is 5.56 Å². The van der Waals surface area contributed by atoms with Gasteiger partial charge >= 0.3 is 0 Å². The van der Waals surface area contributed by atoms with Crippen LogP contribution in [0.3, 0.4) is 0 Å². The summed E-state index contributed by atoms with van der Waals surface area (Å²) in [5.74, 6) is -1.27. The van der Waals surface area contributed by atoms with Crippen LogP contribution in [0.2, 0.25) is 5.02 Å². The van der Waals surface area contributed by atoms with Gasteiger partial charge in [0.15, 0.2) is 0 Å². The van der Waals surface area contributed by atoms with Crippen LogP contribution in [0.15, 0.2) is 47.6 Å². The maximum absolute atomic E-state index is 13.3. The van der Waals surface area contributed by atoms with Crippen LogP contribution in [-0.4, -0.2) is 6.21 Å². The first-order valence-electron chi connectivity index (χ1n) is 5.15. The van der Waals surface area contributed by atoms with Gasteiger partial charge in [-0.3, -0.25) is 5.43 Å². The maximum atomic E-state index is 13.3. The Morgan fingerprint density at radius 3 is 2.44 bits per heavy atom. The first-order valence-corrected chi connectivity index (χ1v) is 5.52. The summed E-state index contributed by atoms with van der Waals surface area (Å²) in [5, 5.41) is 4.47. The molecule has 0 aliphatic carbocycles. The van der Waals surface area contributed by atoms with Crippen molar-refractivity contribution in [3.05, 3.63) is 64.7 Å². The number of rotatable bonds is 3. The van der Waals surface area contributed by atoms with Crippen molar-refractivity contribution in [2.24, 2.45) is 5.10 Å². The molecule has 2 aromatic carbocycles. The summed E-state index contributed by atoms with van der Waals surface area (Å²) in [6.45, 7) is 0. The van der Waals surface area contributed by atoms with E-state index >= 15 is 0 Å². The lowest BCUT2D eigenvalue weighted by Crippen LogP contribution is -1.93. The fourth-order valence-electron chi connectivity index (χ4n) is 1.31. The average Bonchev–Trinajstić information content (AvgIpc) is 2.34. The van der Waals surface area contributed by atoms with Crippen LogP contribution in [0.4, 0.5) is 14.5 Å². The third kappa shape index (κ3) is 3.28. The van der Waals surface area contributed by atoms with Crippen LogP contribution in [-0.2, 0) is 0 Å². The van der Waals surface area contributed by atoms with Gasteiger partial charge in [-0.15, -0.1) is 0 Å². The second-order valence-corrected chi connectivity index (χ2v) is 3.98. The molecular formula is C13H9ClF2N2. The number of hydrogen-bond donors (Lipinski definition) is 1. The Bertz CT molecular complexity index is 568. The molecule has 0 aliphatic rings. The van der Waals surface area contributed by atoms with Crippen LogP contribution >= 0.6 is 11.6 Å². The van der Waals surface area contributed by atoms with Crippen LogP contribution in [0, 0.1) is 11.6 Å². The summed E-state index contributed by atoms with van der Waals surface area (Å²) >= 11 is 5.73. The van der Waals surface area contributed by atoms with Crippen molar-refractivity contribution in [2.45, 2.75) is 0 Å². The summed E-state index contributed by atoms with van der Waals surface area (Å²) in [6, 6.07) is 10.2. The normalized spacial score (nSPS) is 10.8. The fourth-order valence-corrected chi connectivity index (χ4v) is 1.43. The molecule has 2 rings (SSSR count). The highest BCUT2D eigenvalue weighted by Gasteiger charge is 2.00. The standard InChI is InChI=1S/C13H9ClF2N2/c14-10-2-5-12(6-3-10)18-17-8-9-1-4-11(15)7-13(9)16/h1-8,18H/b17-8-. The average molecular weight is 267 g/mol. The van der Waals surface area contributed by atoms with E-state index in [1.165, 1.54) is 18.3 Å². The van der Waals surface area contributed by atoms with Crippen LogP contribution < -0.4 is 5.43 Å². The van der Waals surface area contributed by atoms with Gasteiger partial charge < -0.3 is 0 Å². The number of nitrogens with one attached hydrogen (secondary N) is 1. The van der Waals surface area contributed by atoms with Gasteiger partial charge in [0.1, 0.15) is 11.6 Å². The molecule has 0 saturated carbocycles. The molecule has 0 aromatic heterocycles. The summed E-state index contributed by atoms with van der Waals surface area (Å²) in [6.07, 6.45) is 1.28. The van der Waals surface area contributed by atoms with E-state index in [2.05, 4.69) is 10.5 Å². The Labute approximate surface area is 108 Å². The largest absolute Gasteiger partial charge is 0.279 e. The summed E-state index contributed by atoms with van der Waals surface area (Å²) < 4.78 is 25.9. The minimum atomic E-state index is -0.656. The van der Waals surface area contributed by atoms with Crippen molar-refractivity contribution in [3.63, 3.8) is 0 Å². The van der Waals surface area contributed by atoms with E-state index < -0.39 is 11.6 Å². The highest BCUT2D eigenvalue weighted by molar-refractivity contribution is 6.30. The van der Waals surface area contributed by atoms with E-state index in [1.807, 2.05) is 0 Å². The second-order valence-electron chi connectivity index (χ2n) is 3.54. The predicted octanol–water partition coefficient (Wildman–Crippen LogP) is 4.06. The van der Waals surface area contributed by atoms with E-state index in [0.717, 1.165) is 11.8 Å². The minimum absolute atomic E-state index is 0.206. The first kappa shape index (κ1) is 12.5. The molecule has 0 amide bonds. The third-order valence-electron chi connectivity index (χ3n) is 2.20. The lowest BCUT2D eigenvalue weighted by molar-refractivity contribution is 0.582. The van der Waals surface area contributed by atoms with Gasteiger partial charge in [0, 0.05) is 16.7 Å². The molecule has 92 valence electrons. The molecule has 5 heteroatoms. The van der Waals surface area contributed by atoms with Gasteiger partial charge in [-0.1, -0.05) is 11.6 Å². The molecule has 0 aliphatic heterocycles. The predicted molar refractivity (Wildman–Crippen MR) is 69.0 cm³/mol. The van der Waals surface area contributed by atoms with Gasteiger partial charge in [-0.05, 0) is 36.4 Å². The maximum Gasteiger partial charge on any atom is 0.134 e. The number of hydrazone groups is 1. The number of anilines is 1. The van der Waals surface area contributed by atoms with Crippen LogP contribution in [0.25, 0.3) is 0 Å². The second kappa shape index (κ2) is 5.60. The topological polar surface area (TPSA) is 24.4 Å². The summed E-state index contributed by atoms with van der Waals surface area (Å²) in [5.41, 5.74) is 3.64. The molecule has 2 aromatic rings. The Balaban J connectivity index is 2.05. The number of nitrogens with zero attached hydrogens (tertiary/aromatic N) is 1. The number of hydrogen-bond acceptors (Lipinski definition) is 2. The summed E-state index contributed by atoms with van der Waals surface area (Å²) in [7, 11) is 0. The van der Waals surface area contributed by atoms with E-state index in [0.29, 0.717) is 5.02 Å². The zero-order valence-electron chi connectivity index (χ0n) is 9.20. The molecule has 2 nitrogen and oxygen atoms in total. The Hall–Kier alpha value is -1.94. The van der Waals surface area contributed by atoms with Crippen molar-refractivity contribution in [1.82, 2.24) is 0 Å². The molecule has 0 saturated heterocycles. The first-order chi connectivity index (χ1) is 8.65. The Kier molecular flexibility index (Phi) is 3.89. The molecule has 0 atom stereocenters. The highest BCUT2D eigenvalue weighted by Crippen LogP contribution is 2.13. The quantitative estimate of drug-likeness (QED) is 0.657. The number of halogens is 3. The Morgan fingerprint density at radius 2 is 1.78 bits per heavy atom. The lowest BCUT2D eigenvalue weighted by Gasteiger charge is -2.00. The van der Waals surface area contributed by atoms with Gasteiger partial charge in [0.25, 0.3) is 0 Å². The van der Waals surface area contributed by atoms with Crippen LogP contribution in [0.5, 0.6) is 0 Å². The number of benzene rings is 2. The smallest absolute Gasteiger partial charge is 0.134 e. The molecule has 0 unspecified atom stereocenters. The SMILES string of the molecule is Fc1ccc(/C=N\Nc2ccc(Cl)cc2)c(F)c1. The molecule has 0 heterocycles. The van der Waals surface area contributed by atoms with Gasteiger partial charge in [-0.2, -0.15) is 5.10 Å². The van der Waals surface area contributed by atoms with Crippen molar-refractivity contribution >= 4 is 23.5 Å². The van der Waals surface area contributed by atoms with Gasteiger partial charge in [0.05, 0.1) is 11.9 Å². The van der Waals surface area contributed by atoms with E-state index in [9.17, 15) is 8.78 Å². The van der Waals surface area contributed by atoms with Gasteiger partial charge in [0.2, 0.25) is 0 Å². The third-order valence-corrected chi connectivity index (χ3v) is 2.46. The zero-order chi connectivity index (χ0) is 13.0. The van der Waals surface area contributed by atoms with E-state index in [4.69, 9.17) is 11.6 Å². The Morgan fingerprint density at radius 1 is 1.06 bits per heavy atom. The summed E-state index contributed by atoms with van der Waals surface area (Å²) in [4.78, 5) is 0. The molecule has 18 heavy (non-hydrogen) atoms. The molecule has 0 fully saturated rings. The molecule has 1 N–H and O–H groups in total. The van der Waals surface area contributed by atoms with Crippen LogP contribution in [0.1, 0.15) is 5.56 Å². The van der Waals surface area contributed by atoms with Crippen molar-refractivity contribution in [2.75, 3.05) is 5.43 Å². The lowest BCUT2D eigenvalue weighted by atomic mass is 10.2. The molecule has 0 radical (unpaired) electrons. The minimum Gasteiger partial charge on any atom is -0.279 e. The van der Waals surface area contributed by atoms with Crippen molar-refractivity contribution in [3.8, 4) is 0 Å². The monoisotopic (exact) mass is 266 g/mol. The molecular weight excluding hydrogens is 258 g/mol. The van der Waals surface area contributed by atoms with E-state index in [1.54, 1.807) is 24.3 Å². The zero-order valence-corrected chi connectivity index (χ0v) is 9.96. The fraction of sp³-hybridized carbons (Fsp3) is 0. The highest BCUT2D eigenvalue weighted by atomic mass is 35.5. The van der Waals surface area contributed by atoms with Crippen molar-refractivity contribution in [1.29, 1.82) is 0 Å². The van der Waals surface area contributed by atoms with Gasteiger partial charge in [-0.25, -0.2) is 8.78 Å². The molecule has 0 spiro atoms.